The Labute approximate surface area is 209 Å². The fourth-order valence-electron chi connectivity index (χ4n) is 3.56. The van der Waals surface area contributed by atoms with E-state index >= 15 is 0 Å². The monoisotopic (exact) mass is 505 g/mol. The number of thioether (sulfide) groups is 1. The van der Waals surface area contributed by atoms with Crippen molar-refractivity contribution in [2.24, 2.45) is 11.7 Å². The van der Waals surface area contributed by atoms with Crippen LogP contribution in [0.5, 0.6) is 0 Å². The highest BCUT2D eigenvalue weighted by molar-refractivity contribution is 7.98. The second-order valence-electron chi connectivity index (χ2n) is 8.81. The number of carboxylic acids is 1. The first-order valence-corrected chi connectivity index (χ1v) is 12.9. The summed E-state index contributed by atoms with van der Waals surface area (Å²) in [5.41, 5.74) is 7.71. The second-order valence-corrected chi connectivity index (χ2v) is 9.80. The van der Waals surface area contributed by atoms with Gasteiger partial charge < -0.3 is 31.8 Å². The summed E-state index contributed by atoms with van der Waals surface area (Å²) in [7, 11) is 0. The van der Waals surface area contributed by atoms with E-state index in [0.29, 0.717) is 12.2 Å². The van der Waals surface area contributed by atoms with Gasteiger partial charge in [0.1, 0.15) is 18.1 Å². The van der Waals surface area contributed by atoms with Gasteiger partial charge in [0.15, 0.2) is 0 Å². The summed E-state index contributed by atoms with van der Waals surface area (Å²) < 4.78 is 0. The molecule has 0 bridgehead atoms. The highest BCUT2D eigenvalue weighted by Gasteiger charge is 2.30. The fourth-order valence-corrected chi connectivity index (χ4v) is 4.05. The first kappa shape index (κ1) is 28.2. The van der Waals surface area contributed by atoms with Crippen molar-refractivity contribution in [1.29, 1.82) is 0 Å². The van der Waals surface area contributed by atoms with E-state index in [0.717, 1.165) is 16.5 Å². The summed E-state index contributed by atoms with van der Waals surface area (Å²) >= 11 is 1.57. The Morgan fingerprint density at radius 3 is 2.34 bits per heavy atom. The van der Waals surface area contributed by atoms with Crippen molar-refractivity contribution in [2.75, 3.05) is 12.0 Å². The largest absolute Gasteiger partial charge is 0.480 e. The number of H-pyrrole nitrogens is 1. The average molecular weight is 506 g/mol. The number of hydrogen-bond acceptors (Lipinski definition) is 6. The molecule has 2 rings (SSSR count). The molecule has 3 amide bonds. The van der Waals surface area contributed by atoms with E-state index < -0.39 is 47.9 Å². The highest BCUT2D eigenvalue weighted by Crippen LogP contribution is 2.19. The molecule has 4 unspecified atom stereocenters. The van der Waals surface area contributed by atoms with Crippen LogP contribution in [0.4, 0.5) is 0 Å². The molecule has 0 aliphatic heterocycles. The number of amides is 3. The predicted octanol–water partition coefficient (Wildman–Crippen LogP) is 1.01. The van der Waals surface area contributed by atoms with Crippen LogP contribution in [0.3, 0.4) is 0 Å². The first-order valence-electron chi connectivity index (χ1n) is 11.5. The standard InChI is InChI=1S/C24H35N5O5S/c1-13(2)20(24(33)34)29-21(30)14(3)27-23(32)19(28-22(31)17(25)9-10-35-4)11-15-12-26-18-8-6-5-7-16(15)18/h5-8,12-14,17,19-20,26H,9-11,25H2,1-4H3,(H,27,32)(H,28,31)(H,29,30)(H,33,34). The maximum atomic E-state index is 13.2. The number of aromatic nitrogens is 1. The van der Waals surface area contributed by atoms with E-state index in [2.05, 4.69) is 20.9 Å². The van der Waals surface area contributed by atoms with E-state index in [-0.39, 0.29) is 12.3 Å². The van der Waals surface area contributed by atoms with Crippen LogP contribution in [0.1, 0.15) is 32.8 Å². The molecule has 4 atom stereocenters. The van der Waals surface area contributed by atoms with Crippen molar-refractivity contribution in [3.63, 3.8) is 0 Å². The number of fused-ring (bicyclic) bond motifs is 1. The number of aromatic amines is 1. The van der Waals surface area contributed by atoms with Crippen molar-refractivity contribution in [2.45, 2.75) is 57.8 Å². The molecule has 7 N–H and O–H groups in total. The summed E-state index contributed by atoms with van der Waals surface area (Å²) in [5, 5.41) is 18.0. The topological polar surface area (TPSA) is 166 Å². The molecule has 10 nitrogen and oxygen atoms in total. The van der Waals surface area contributed by atoms with Crippen LogP contribution < -0.4 is 21.7 Å². The van der Waals surface area contributed by atoms with E-state index in [1.54, 1.807) is 31.8 Å². The molecule has 0 aliphatic rings. The van der Waals surface area contributed by atoms with E-state index in [1.807, 2.05) is 30.5 Å². The molecular formula is C24H35N5O5S. The van der Waals surface area contributed by atoms with Gasteiger partial charge in [0.25, 0.3) is 0 Å². The van der Waals surface area contributed by atoms with Gasteiger partial charge in [-0.15, -0.1) is 0 Å². The maximum absolute atomic E-state index is 13.2. The zero-order valence-corrected chi connectivity index (χ0v) is 21.3. The van der Waals surface area contributed by atoms with Crippen molar-refractivity contribution >= 4 is 46.4 Å². The van der Waals surface area contributed by atoms with Gasteiger partial charge in [-0.2, -0.15) is 11.8 Å². The molecule has 192 valence electrons. The van der Waals surface area contributed by atoms with Gasteiger partial charge in [-0.05, 0) is 42.9 Å². The zero-order valence-electron chi connectivity index (χ0n) is 20.5. The molecule has 0 saturated heterocycles. The molecule has 1 heterocycles. The van der Waals surface area contributed by atoms with Crippen LogP contribution in [-0.4, -0.2) is 70.0 Å². The number of benzene rings is 1. The van der Waals surface area contributed by atoms with Gasteiger partial charge in [0.2, 0.25) is 17.7 Å². The molecule has 0 radical (unpaired) electrons. The van der Waals surface area contributed by atoms with Crippen molar-refractivity contribution in [3.8, 4) is 0 Å². The summed E-state index contributed by atoms with van der Waals surface area (Å²) in [4.78, 5) is 53.0. The summed E-state index contributed by atoms with van der Waals surface area (Å²) in [6.45, 7) is 4.81. The Bertz CT molecular complexity index is 1040. The minimum atomic E-state index is -1.16. The van der Waals surface area contributed by atoms with Gasteiger partial charge in [-0.3, -0.25) is 14.4 Å². The highest BCUT2D eigenvalue weighted by atomic mass is 32.2. The average Bonchev–Trinajstić information content (AvgIpc) is 3.22. The molecule has 0 aliphatic carbocycles. The Hall–Kier alpha value is -3.05. The molecule has 2 aromatic rings. The number of aliphatic carboxylic acids is 1. The SMILES string of the molecule is CSCCC(N)C(=O)NC(Cc1c[nH]c2ccccc12)C(=O)NC(C)C(=O)NC(C(=O)O)C(C)C. The molecule has 0 saturated carbocycles. The molecule has 1 aromatic heterocycles. The summed E-state index contributed by atoms with van der Waals surface area (Å²) in [5.74, 6) is -2.45. The minimum Gasteiger partial charge on any atom is -0.480 e. The third kappa shape index (κ3) is 8.00. The number of carbonyl (C=O) groups excluding carboxylic acids is 3. The van der Waals surface area contributed by atoms with Crippen molar-refractivity contribution in [3.05, 3.63) is 36.0 Å². The number of carboxylic acid groups (broad SMARTS) is 1. The molecule has 1 aromatic carbocycles. The maximum Gasteiger partial charge on any atom is 0.326 e. The minimum absolute atomic E-state index is 0.176. The third-order valence-electron chi connectivity index (χ3n) is 5.68. The Kier molecular flexibility index (Phi) is 10.6. The Morgan fingerprint density at radius 2 is 1.71 bits per heavy atom. The molecule has 0 spiro atoms. The van der Waals surface area contributed by atoms with E-state index in [1.165, 1.54) is 6.92 Å². The van der Waals surface area contributed by atoms with Crippen molar-refractivity contribution in [1.82, 2.24) is 20.9 Å². The zero-order chi connectivity index (χ0) is 26.1. The smallest absolute Gasteiger partial charge is 0.326 e. The number of nitrogens with two attached hydrogens (primary N) is 1. The Balaban J connectivity index is 2.17. The van der Waals surface area contributed by atoms with E-state index in [4.69, 9.17) is 5.73 Å². The first-order chi connectivity index (χ1) is 16.5. The van der Waals surface area contributed by atoms with Crippen LogP contribution in [0, 0.1) is 5.92 Å². The number of hydrogen-bond donors (Lipinski definition) is 6. The number of rotatable bonds is 13. The summed E-state index contributed by atoms with van der Waals surface area (Å²) in [6, 6.07) is 3.73. The van der Waals surface area contributed by atoms with E-state index in [9.17, 15) is 24.3 Å². The molecule has 35 heavy (non-hydrogen) atoms. The predicted molar refractivity (Wildman–Crippen MR) is 137 cm³/mol. The van der Waals surface area contributed by atoms with Crippen molar-refractivity contribution < 1.29 is 24.3 Å². The van der Waals surface area contributed by atoms with Gasteiger partial charge in [0.05, 0.1) is 6.04 Å². The molecular weight excluding hydrogens is 470 g/mol. The second kappa shape index (κ2) is 13.1. The lowest BCUT2D eigenvalue weighted by molar-refractivity contribution is -0.143. The summed E-state index contributed by atoms with van der Waals surface area (Å²) in [6.07, 6.45) is 4.33. The number of para-hydroxylation sites is 1. The molecule has 0 fully saturated rings. The quantitative estimate of drug-likeness (QED) is 0.236. The van der Waals surface area contributed by atoms with Crippen LogP contribution in [0.2, 0.25) is 0 Å². The van der Waals surface area contributed by atoms with Crippen LogP contribution in [0.25, 0.3) is 10.9 Å². The van der Waals surface area contributed by atoms with Crippen LogP contribution in [0.15, 0.2) is 30.5 Å². The van der Waals surface area contributed by atoms with Crippen LogP contribution >= 0.6 is 11.8 Å². The van der Waals surface area contributed by atoms with Gasteiger partial charge >= 0.3 is 5.97 Å². The lowest BCUT2D eigenvalue weighted by Crippen LogP contribution is -2.57. The lowest BCUT2D eigenvalue weighted by Gasteiger charge is -2.24. The number of carbonyl (C=O) groups is 4. The van der Waals surface area contributed by atoms with Gasteiger partial charge in [0, 0.05) is 23.5 Å². The third-order valence-corrected chi connectivity index (χ3v) is 6.33. The van der Waals surface area contributed by atoms with Gasteiger partial charge in [-0.1, -0.05) is 32.0 Å². The fraction of sp³-hybridized carbons (Fsp3) is 0.500. The van der Waals surface area contributed by atoms with Gasteiger partial charge in [-0.25, -0.2) is 4.79 Å². The van der Waals surface area contributed by atoms with Crippen LogP contribution in [-0.2, 0) is 25.6 Å². The normalized spacial score (nSPS) is 14.7. The molecule has 11 heteroatoms. The lowest BCUT2D eigenvalue weighted by atomic mass is 10.0. The number of nitrogens with one attached hydrogen (secondary N) is 4. The Morgan fingerprint density at radius 1 is 1.03 bits per heavy atom.